The maximum absolute atomic E-state index is 9.33. The topological polar surface area (TPSA) is 63.8 Å². The van der Waals surface area contributed by atoms with Crippen LogP contribution in [0.2, 0.25) is 0 Å². The van der Waals surface area contributed by atoms with Crippen LogP contribution in [0.25, 0.3) is 0 Å². The predicted molar refractivity (Wildman–Crippen MR) is 58.7 cm³/mol. The van der Waals surface area contributed by atoms with Crippen molar-refractivity contribution >= 4 is 0 Å². The summed E-state index contributed by atoms with van der Waals surface area (Å²) in [6, 6.07) is 3.91. The fraction of sp³-hybridized carbons (Fsp3) is 0.364. The number of aromatic nitrogens is 4. The van der Waals surface area contributed by atoms with Gasteiger partial charge in [0.05, 0.1) is 24.5 Å². The van der Waals surface area contributed by atoms with Crippen LogP contribution >= 0.6 is 0 Å². The molecule has 5 nitrogen and oxygen atoms in total. The van der Waals surface area contributed by atoms with Crippen molar-refractivity contribution in [1.29, 1.82) is 0 Å². The summed E-state index contributed by atoms with van der Waals surface area (Å²) in [5.74, 6) is 0. The van der Waals surface area contributed by atoms with E-state index in [0.29, 0.717) is 12.2 Å². The second kappa shape index (κ2) is 4.40. The van der Waals surface area contributed by atoms with Gasteiger partial charge in [0.25, 0.3) is 0 Å². The Balaban J connectivity index is 2.18. The first-order valence-electron chi connectivity index (χ1n) is 5.15. The summed E-state index contributed by atoms with van der Waals surface area (Å²) in [5.41, 5.74) is 2.66. The Morgan fingerprint density at radius 1 is 1.50 bits per heavy atom. The van der Waals surface area contributed by atoms with Gasteiger partial charge in [-0.15, -0.1) is 5.10 Å². The second-order valence-corrected chi connectivity index (χ2v) is 3.78. The van der Waals surface area contributed by atoms with E-state index in [-0.39, 0.29) is 0 Å². The summed E-state index contributed by atoms with van der Waals surface area (Å²) in [5, 5.41) is 17.1. The molecule has 0 bridgehead atoms. The molecule has 2 rings (SSSR count). The van der Waals surface area contributed by atoms with Gasteiger partial charge in [0, 0.05) is 6.20 Å². The Morgan fingerprint density at radius 2 is 2.31 bits per heavy atom. The lowest BCUT2D eigenvalue weighted by Crippen LogP contribution is -2.04. The van der Waals surface area contributed by atoms with Crippen LogP contribution in [0.4, 0.5) is 0 Å². The van der Waals surface area contributed by atoms with Crippen molar-refractivity contribution in [3.63, 3.8) is 0 Å². The molecule has 16 heavy (non-hydrogen) atoms. The van der Waals surface area contributed by atoms with Crippen LogP contribution in [-0.4, -0.2) is 25.1 Å². The number of rotatable bonds is 3. The van der Waals surface area contributed by atoms with E-state index < -0.39 is 6.10 Å². The highest BCUT2D eigenvalue weighted by Gasteiger charge is 2.07. The first-order chi connectivity index (χ1) is 7.66. The predicted octanol–water partition coefficient (Wildman–Crippen LogP) is 1.08. The molecule has 0 aromatic carbocycles. The van der Waals surface area contributed by atoms with Gasteiger partial charge >= 0.3 is 0 Å². The maximum atomic E-state index is 9.33. The fourth-order valence-electron chi connectivity index (χ4n) is 1.42. The van der Waals surface area contributed by atoms with Crippen molar-refractivity contribution < 1.29 is 5.11 Å². The van der Waals surface area contributed by atoms with Crippen molar-refractivity contribution in [1.82, 2.24) is 20.0 Å². The third-order valence-corrected chi connectivity index (χ3v) is 2.41. The first-order valence-corrected chi connectivity index (χ1v) is 5.15. The highest BCUT2D eigenvalue weighted by Crippen LogP contribution is 2.09. The van der Waals surface area contributed by atoms with E-state index in [0.717, 1.165) is 11.3 Å². The van der Waals surface area contributed by atoms with Gasteiger partial charge in [0.1, 0.15) is 5.69 Å². The number of aliphatic hydroxyl groups is 1. The van der Waals surface area contributed by atoms with Gasteiger partial charge in [-0.05, 0) is 25.5 Å². The molecule has 0 aliphatic carbocycles. The van der Waals surface area contributed by atoms with Gasteiger partial charge < -0.3 is 5.11 Å². The van der Waals surface area contributed by atoms with Gasteiger partial charge in [-0.3, -0.25) is 4.98 Å². The van der Waals surface area contributed by atoms with E-state index in [9.17, 15) is 5.11 Å². The number of nitrogens with zero attached hydrogens (tertiary/aromatic N) is 4. The zero-order chi connectivity index (χ0) is 11.5. The molecule has 1 atom stereocenters. The lowest BCUT2D eigenvalue weighted by molar-refractivity contribution is 0.194. The van der Waals surface area contributed by atoms with E-state index in [4.69, 9.17) is 0 Å². The zero-order valence-electron chi connectivity index (χ0n) is 9.33. The largest absolute Gasteiger partial charge is 0.387 e. The van der Waals surface area contributed by atoms with Crippen molar-refractivity contribution in [2.45, 2.75) is 26.5 Å². The first kappa shape index (κ1) is 10.8. The summed E-state index contributed by atoms with van der Waals surface area (Å²) in [7, 11) is 0. The number of aliphatic hydroxyl groups excluding tert-OH is 1. The van der Waals surface area contributed by atoms with Crippen LogP contribution in [0.5, 0.6) is 0 Å². The van der Waals surface area contributed by atoms with Crippen LogP contribution in [-0.2, 0) is 6.54 Å². The van der Waals surface area contributed by atoms with Crippen molar-refractivity contribution in [2.75, 3.05) is 0 Å². The number of hydrogen-bond donors (Lipinski definition) is 1. The van der Waals surface area contributed by atoms with Crippen LogP contribution in [0.1, 0.15) is 30.0 Å². The molecule has 0 aliphatic rings. The van der Waals surface area contributed by atoms with Crippen molar-refractivity contribution in [2.24, 2.45) is 0 Å². The van der Waals surface area contributed by atoms with Gasteiger partial charge in [-0.2, -0.15) is 0 Å². The summed E-state index contributed by atoms with van der Waals surface area (Å²) in [6.07, 6.45) is 2.91. The lowest BCUT2D eigenvalue weighted by atomic mass is 10.2. The molecule has 0 radical (unpaired) electrons. The molecule has 5 heteroatoms. The molecule has 0 amide bonds. The average Bonchev–Trinajstić information content (AvgIpc) is 2.70. The minimum absolute atomic E-state index is 0.576. The minimum Gasteiger partial charge on any atom is -0.387 e. The third-order valence-electron chi connectivity index (χ3n) is 2.41. The van der Waals surface area contributed by atoms with Crippen LogP contribution in [0, 0.1) is 6.92 Å². The zero-order valence-corrected chi connectivity index (χ0v) is 9.33. The van der Waals surface area contributed by atoms with E-state index >= 15 is 0 Å². The molecular formula is C11H14N4O. The van der Waals surface area contributed by atoms with E-state index in [1.165, 1.54) is 0 Å². The van der Waals surface area contributed by atoms with Gasteiger partial charge in [0.2, 0.25) is 0 Å². The van der Waals surface area contributed by atoms with Crippen molar-refractivity contribution in [3.05, 3.63) is 41.5 Å². The Kier molecular flexibility index (Phi) is 2.96. The van der Waals surface area contributed by atoms with Gasteiger partial charge in [-0.25, -0.2) is 4.68 Å². The highest BCUT2D eigenvalue weighted by molar-refractivity contribution is 5.17. The van der Waals surface area contributed by atoms with Crippen LogP contribution in [0.15, 0.2) is 24.5 Å². The molecule has 0 spiro atoms. The molecule has 2 heterocycles. The lowest BCUT2D eigenvalue weighted by Gasteiger charge is -2.03. The quantitative estimate of drug-likeness (QED) is 0.837. The number of pyridine rings is 1. The molecule has 0 aliphatic heterocycles. The Bertz CT molecular complexity index is 478. The summed E-state index contributed by atoms with van der Waals surface area (Å²) < 4.78 is 1.68. The molecule has 2 aromatic rings. The molecule has 2 aromatic heterocycles. The normalized spacial score (nSPS) is 12.7. The summed E-state index contributed by atoms with van der Waals surface area (Å²) in [6.45, 7) is 4.25. The molecule has 1 unspecified atom stereocenters. The number of aryl methyl sites for hydroxylation is 1. The third kappa shape index (κ3) is 2.25. The second-order valence-electron chi connectivity index (χ2n) is 3.78. The Labute approximate surface area is 93.8 Å². The minimum atomic E-state index is -0.585. The Hall–Kier alpha value is -1.75. The molecule has 84 valence electrons. The molecular weight excluding hydrogens is 204 g/mol. The number of hydrogen-bond acceptors (Lipinski definition) is 4. The molecule has 0 fully saturated rings. The SMILES string of the molecule is Cc1cccnc1Cn1cc(C(C)O)nn1. The van der Waals surface area contributed by atoms with Crippen molar-refractivity contribution in [3.8, 4) is 0 Å². The van der Waals surface area contributed by atoms with E-state index in [2.05, 4.69) is 15.3 Å². The monoisotopic (exact) mass is 218 g/mol. The van der Waals surface area contributed by atoms with Crippen LogP contribution < -0.4 is 0 Å². The van der Waals surface area contributed by atoms with Crippen LogP contribution in [0.3, 0.4) is 0 Å². The Morgan fingerprint density at radius 3 is 2.94 bits per heavy atom. The summed E-state index contributed by atoms with van der Waals surface area (Å²) >= 11 is 0. The average molecular weight is 218 g/mol. The molecule has 1 N–H and O–H groups in total. The van der Waals surface area contributed by atoms with Gasteiger partial charge in [0.15, 0.2) is 0 Å². The fourth-order valence-corrected chi connectivity index (χ4v) is 1.42. The molecule has 0 saturated heterocycles. The maximum Gasteiger partial charge on any atom is 0.111 e. The molecule has 0 saturated carbocycles. The standard InChI is InChI=1S/C11H14N4O/c1-8-4-3-5-12-10(8)6-15-7-11(9(2)16)13-14-15/h3-5,7,9,16H,6H2,1-2H3. The summed E-state index contributed by atoms with van der Waals surface area (Å²) in [4.78, 5) is 4.28. The van der Waals surface area contributed by atoms with E-state index in [1.54, 1.807) is 24.0 Å². The smallest absolute Gasteiger partial charge is 0.111 e. The van der Waals surface area contributed by atoms with E-state index in [1.807, 2.05) is 19.1 Å². The van der Waals surface area contributed by atoms with Gasteiger partial charge in [-0.1, -0.05) is 11.3 Å². The highest BCUT2D eigenvalue weighted by atomic mass is 16.3.